The fourth-order valence-corrected chi connectivity index (χ4v) is 7.36. The van der Waals surface area contributed by atoms with Crippen molar-refractivity contribution >= 4 is 57.6 Å². The zero-order valence-corrected chi connectivity index (χ0v) is 19.9. The van der Waals surface area contributed by atoms with E-state index in [4.69, 9.17) is 5.11 Å². The van der Waals surface area contributed by atoms with Crippen molar-refractivity contribution < 1.29 is 29.7 Å². The monoisotopic (exact) mass is 514 g/mol. The fourth-order valence-electron chi connectivity index (χ4n) is 3.76. The third-order valence-electron chi connectivity index (χ3n) is 5.50. The molecule has 0 spiro atoms. The van der Waals surface area contributed by atoms with Gasteiger partial charge in [-0.05, 0) is 27.9 Å². The number of rotatable bonds is 9. The first-order valence-corrected chi connectivity index (χ1v) is 12.9. The Hall–Kier alpha value is -2.20. The average Bonchev–Trinajstić information content (AvgIpc) is 3.47. The highest BCUT2D eigenvalue weighted by molar-refractivity contribution is 8.00. The number of carbonyl (C=O) groups excluding carboxylic acids is 2. The lowest BCUT2D eigenvalue weighted by Crippen LogP contribution is -2.74. The molecule has 4 heterocycles. The van der Waals surface area contributed by atoms with Gasteiger partial charge in [0.2, 0.25) is 17.0 Å². The van der Waals surface area contributed by atoms with Crippen LogP contribution in [0.15, 0.2) is 22.7 Å². The lowest BCUT2D eigenvalue weighted by molar-refractivity contribution is -0.156. The molecule has 0 aliphatic carbocycles. The lowest BCUT2D eigenvalue weighted by atomic mass is 9.89. The Kier molecular flexibility index (Phi) is 6.95. The maximum absolute atomic E-state index is 13.0. The summed E-state index contributed by atoms with van der Waals surface area (Å²) in [6.45, 7) is 0.944. The van der Waals surface area contributed by atoms with E-state index in [2.05, 4.69) is 15.5 Å². The molecule has 0 radical (unpaired) electrons. The Morgan fingerprint density at radius 3 is 2.88 bits per heavy atom. The van der Waals surface area contributed by atoms with E-state index in [1.807, 2.05) is 11.4 Å². The van der Waals surface area contributed by atoms with Crippen LogP contribution in [0, 0.1) is 5.41 Å². The van der Waals surface area contributed by atoms with E-state index in [0.29, 0.717) is 10.2 Å². The summed E-state index contributed by atoms with van der Waals surface area (Å²) in [5, 5.41) is 42.4. The van der Waals surface area contributed by atoms with Gasteiger partial charge in [0.25, 0.3) is 0 Å². The number of aliphatic hydroxyl groups is 2. The van der Waals surface area contributed by atoms with E-state index in [1.54, 1.807) is 6.07 Å². The minimum atomic E-state index is -1.23. The van der Waals surface area contributed by atoms with Crippen molar-refractivity contribution in [3.05, 3.63) is 17.5 Å². The number of carbonyl (C=O) groups is 3. The summed E-state index contributed by atoms with van der Waals surface area (Å²) >= 11 is 3.84. The van der Waals surface area contributed by atoms with Gasteiger partial charge < -0.3 is 20.2 Å². The van der Waals surface area contributed by atoms with Crippen molar-refractivity contribution in [2.45, 2.75) is 36.1 Å². The van der Waals surface area contributed by atoms with Crippen LogP contribution in [0.3, 0.4) is 0 Å². The van der Waals surface area contributed by atoms with Crippen LogP contribution in [0.2, 0.25) is 0 Å². The Labute approximate surface area is 200 Å². The molecule has 2 aromatic rings. The van der Waals surface area contributed by atoms with Crippen LogP contribution in [-0.4, -0.2) is 100 Å². The van der Waals surface area contributed by atoms with Gasteiger partial charge in [0, 0.05) is 25.0 Å². The molecule has 2 fully saturated rings. The van der Waals surface area contributed by atoms with E-state index in [9.17, 15) is 24.6 Å². The SMILES string of the molecule is CC(=O)N(c1cccs1)C1C(=O)N2CC(CSc3nnnn3CC(O)CO)(C(=O)O)CS[C@H]12. The highest BCUT2D eigenvalue weighted by Gasteiger charge is 2.59. The maximum atomic E-state index is 13.0. The molecule has 4 atom stereocenters. The first-order valence-electron chi connectivity index (χ1n) is 9.94. The number of thioether (sulfide) groups is 2. The molecule has 4 rings (SSSR count). The summed E-state index contributed by atoms with van der Waals surface area (Å²) < 4.78 is 1.30. The molecule has 2 aromatic heterocycles. The molecule has 2 amide bonds. The number of β-lactam (4-membered cyclic amide) rings is 1. The number of fused-ring (bicyclic) bond motifs is 1. The molecule has 33 heavy (non-hydrogen) atoms. The molecule has 12 nitrogen and oxygen atoms in total. The second kappa shape index (κ2) is 9.58. The number of carboxylic acid groups (broad SMARTS) is 1. The minimum absolute atomic E-state index is 0.0132. The second-order valence-electron chi connectivity index (χ2n) is 7.81. The lowest BCUT2D eigenvalue weighted by Gasteiger charge is -2.55. The zero-order chi connectivity index (χ0) is 23.8. The molecular weight excluding hydrogens is 492 g/mol. The van der Waals surface area contributed by atoms with Gasteiger partial charge in [0.15, 0.2) is 0 Å². The van der Waals surface area contributed by atoms with Gasteiger partial charge >= 0.3 is 5.97 Å². The minimum Gasteiger partial charge on any atom is -0.481 e. The molecular formula is C18H22N6O6S3. The van der Waals surface area contributed by atoms with Crippen molar-refractivity contribution in [3.8, 4) is 0 Å². The van der Waals surface area contributed by atoms with Crippen molar-refractivity contribution in [1.29, 1.82) is 0 Å². The van der Waals surface area contributed by atoms with Crippen molar-refractivity contribution in [3.63, 3.8) is 0 Å². The zero-order valence-electron chi connectivity index (χ0n) is 17.5. The number of hydrogen-bond acceptors (Lipinski definition) is 11. The quantitative estimate of drug-likeness (QED) is 0.294. The third kappa shape index (κ3) is 4.47. The number of aliphatic carboxylic acids is 1. The number of carboxylic acids is 1. The van der Waals surface area contributed by atoms with Gasteiger partial charge in [0.1, 0.15) is 16.8 Å². The predicted octanol–water partition coefficient (Wildman–Crippen LogP) is -0.412. The van der Waals surface area contributed by atoms with Crippen LogP contribution < -0.4 is 4.90 Å². The molecule has 0 bridgehead atoms. The molecule has 0 saturated carbocycles. The van der Waals surface area contributed by atoms with Crippen LogP contribution in [0.4, 0.5) is 5.00 Å². The Bertz CT molecular complexity index is 1030. The molecule has 3 unspecified atom stereocenters. The highest BCUT2D eigenvalue weighted by Crippen LogP contribution is 2.46. The number of anilines is 1. The number of aromatic nitrogens is 4. The van der Waals surface area contributed by atoms with Gasteiger partial charge in [-0.25, -0.2) is 4.68 Å². The topological polar surface area (TPSA) is 162 Å². The number of amides is 2. The number of aliphatic hydroxyl groups excluding tert-OH is 2. The Morgan fingerprint density at radius 1 is 1.45 bits per heavy atom. The van der Waals surface area contributed by atoms with Gasteiger partial charge in [0.05, 0.1) is 24.3 Å². The molecule has 0 aromatic carbocycles. The first-order chi connectivity index (χ1) is 15.8. The summed E-state index contributed by atoms with van der Waals surface area (Å²) in [4.78, 5) is 40.6. The third-order valence-corrected chi connectivity index (χ3v) is 9.19. The van der Waals surface area contributed by atoms with E-state index < -0.39 is 30.1 Å². The van der Waals surface area contributed by atoms with E-state index in [0.717, 1.165) is 11.8 Å². The van der Waals surface area contributed by atoms with Gasteiger partial charge in [-0.3, -0.25) is 19.3 Å². The van der Waals surface area contributed by atoms with Gasteiger partial charge in [-0.1, -0.05) is 11.8 Å². The Balaban J connectivity index is 1.47. The predicted molar refractivity (Wildman–Crippen MR) is 121 cm³/mol. The van der Waals surface area contributed by atoms with Gasteiger partial charge in [-0.15, -0.1) is 28.2 Å². The highest BCUT2D eigenvalue weighted by atomic mass is 32.2. The van der Waals surface area contributed by atoms with Crippen LogP contribution in [0.25, 0.3) is 0 Å². The molecule has 178 valence electrons. The number of thiophene rings is 1. The van der Waals surface area contributed by atoms with Crippen LogP contribution in [-0.2, 0) is 20.9 Å². The van der Waals surface area contributed by atoms with Crippen molar-refractivity contribution in [2.75, 3.05) is 29.6 Å². The average molecular weight is 515 g/mol. The molecule has 3 N–H and O–H groups in total. The summed E-state index contributed by atoms with van der Waals surface area (Å²) in [6, 6.07) is 2.94. The van der Waals surface area contributed by atoms with Gasteiger partial charge in [-0.2, -0.15) is 0 Å². The van der Waals surface area contributed by atoms with Crippen LogP contribution >= 0.6 is 34.9 Å². The van der Waals surface area contributed by atoms with E-state index in [1.165, 1.54) is 44.5 Å². The summed E-state index contributed by atoms with van der Waals surface area (Å²) in [5.74, 6) is -1.20. The summed E-state index contributed by atoms with van der Waals surface area (Å²) in [5.41, 5.74) is -1.23. The fraction of sp³-hybridized carbons (Fsp3) is 0.556. The maximum Gasteiger partial charge on any atom is 0.313 e. The largest absolute Gasteiger partial charge is 0.481 e. The second-order valence-corrected chi connectivity index (χ2v) is 10.8. The summed E-state index contributed by atoms with van der Waals surface area (Å²) in [7, 11) is 0. The van der Waals surface area contributed by atoms with E-state index in [-0.39, 0.29) is 41.8 Å². The van der Waals surface area contributed by atoms with Crippen LogP contribution in [0.5, 0.6) is 0 Å². The van der Waals surface area contributed by atoms with Crippen molar-refractivity contribution in [2.24, 2.45) is 5.41 Å². The Morgan fingerprint density at radius 2 is 2.24 bits per heavy atom. The molecule has 15 heteroatoms. The standard InChI is InChI=1S/C18H22N6O6S3/c1-10(26)24(12-3-2-4-31-12)13-14(28)22-7-18(16(29)30,8-32-15(13)22)9-33-17-19-20-21-23(17)5-11(27)6-25/h2-4,11,13,15,25,27H,5-9H2,1H3,(H,29,30)/t11?,13?,15-,18?/m1/s1. The van der Waals surface area contributed by atoms with E-state index >= 15 is 0 Å². The summed E-state index contributed by atoms with van der Waals surface area (Å²) in [6.07, 6.45) is -1.05. The first kappa shape index (κ1) is 23.9. The number of nitrogens with zero attached hydrogens (tertiary/aromatic N) is 6. The smallest absolute Gasteiger partial charge is 0.313 e. The molecule has 2 aliphatic heterocycles. The molecule has 2 aliphatic rings. The van der Waals surface area contributed by atoms with Crippen LogP contribution in [0.1, 0.15) is 6.92 Å². The normalized spacial score (nSPS) is 25.3. The number of hydrogen-bond donors (Lipinski definition) is 3. The number of tetrazole rings is 1. The molecule has 2 saturated heterocycles. The van der Waals surface area contributed by atoms with Crippen molar-refractivity contribution in [1.82, 2.24) is 25.1 Å².